The highest BCUT2D eigenvalue weighted by Gasteiger charge is 2.14. The molecule has 0 radical (unpaired) electrons. The topological polar surface area (TPSA) is 63.6 Å². The molecule has 0 bridgehead atoms. The molecule has 0 heterocycles. The Labute approximate surface area is 205 Å². The molecule has 196 valence electrons. The third-order valence-electron chi connectivity index (χ3n) is 6.51. The van der Waals surface area contributed by atoms with Crippen molar-refractivity contribution in [1.29, 1.82) is 0 Å². The number of carboxylic acids is 1. The summed E-state index contributed by atoms with van der Waals surface area (Å²) >= 11 is 0. The maximum Gasteiger partial charge on any atom is 0.306 e. The second-order valence-corrected chi connectivity index (χ2v) is 10.4. The van der Waals surface area contributed by atoms with Crippen molar-refractivity contribution in [3.63, 3.8) is 0 Å². The maximum absolute atomic E-state index is 12.2. The van der Waals surface area contributed by atoms with Gasteiger partial charge in [0, 0.05) is 12.8 Å². The Balaban J connectivity index is 4.05. The Morgan fingerprint density at radius 1 is 0.606 bits per heavy atom. The van der Waals surface area contributed by atoms with E-state index in [1.807, 2.05) is 0 Å². The summed E-state index contributed by atoms with van der Waals surface area (Å²) in [6.45, 7) is 6.83. The third-order valence-corrected chi connectivity index (χ3v) is 6.51. The van der Waals surface area contributed by atoms with E-state index < -0.39 is 5.97 Å². The summed E-state index contributed by atoms with van der Waals surface area (Å²) in [6.07, 6.45) is 24.4. The lowest BCUT2D eigenvalue weighted by molar-refractivity contribution is -0.150. The van der Waals surface area contributed by atoms with E-state index in [1.54, 1.807) is 0 Å². The summed E-state index contributed by atoms with van der Waals surface area (Å²) in [4.78, 5) is 22.9. The standard InChI is InChI=1S/C29H56O4/c1-4-5-6-7-8-9-10-11-14-17-22-27(23-18-15-12-13-16-21-26(2)3)33-29(32)25-20-19-24-28(30)31/h26-27H,4-25H2,1-3H3,(H,30,31). The van der Waals surface area contributed by atoms with Gasteiger partial charge in [-0.1, -0.05) is 111 Å². The Morgan fingerprint density at radius 2 is 1.03 bits per heavy atom. The number of aliphatic carboxylic acids is 1. The number of unbranched alkanes of at least 4 members (excludes halogenated alkanes) is 14. The number of carbonyl (C=O) groups excluding carboxylic acids is 1. The van der Waals surface area contributed by atoms with E-state index in [9.17, 15) is 9.59 Å². The van der Waals surface area contributed by atoms with Gasteiger partial charge in [-0.2, -0.15) is 0 Å². The molecule has 1 unspecified atom stereocenters. The molecule has 0 aromatic carbocycles. The molecule has 0 aliphatic rings. The summed E-state index contributed by atoms with van der Waals surface area (Å²) in [5.41, 5.74) is 0. The lowest BCUT2D eigenvalue weighted by atomic mass is 10.0. The van der Waals surface area contributed by atoms with Gasteiger partial charge < -0.3 is 9.84 Å². The van der Waals surface area contributed by atoms with E-state index in [0.717, 1.165) is 31.6 Å². The molecule has 0 saturated carbocycles. The quantitative estimate of drug-likeness (QED) is 0.107. The molecule has 0 fully saturated rings. The minimum Gasteiger partial charge on any atom is -0.481 e. The molecule has 0 aromatic heterocycles. The van der Waals surface area contributed by atoms with E-state index in [2.05, 4.69) is 20.8 Å². The highest BCUT2D eigenvalue weighted by Crippen LogP contribution is 2.19. The van der Waals surface area contributed by atoms with Crippen molar-refractivity contribution in [2.75, 3.05) is 0 Å². The zero-order valence-electron chi connectivity index (χ0n) is 22.4. The van der Waals surface area contributed by atoms with Crippen LogP contribution in [-0.4, -0.2) is 23.1 Å². The van der Waals surface area contributed by atoms with Crippen LogP contribution >= 0.6 is 0 Å². The van der Waals surface area contributed by atoms with Crippen molar-refractivity contribution in [1.82, 2.24) is 0 Å². The average Bonchev–Trinajstić information content (AvgIpc) is 2.76. The van der Waals surface area contributed by atoms with Crippen molar-refractivity contribution >= 4 is 11.9 Å². The van der Waals surface area contributed by atoms with Gasteiger partial charge in [0.05, 0.1) is 0 Å². The van der Waals surface area contributed by atoms with Crippen molar-refractivity contribution in [2.45, 2.75) is 168 Å². The molecule has 4 nitrogen and oxygen atoms in total. The SMILES string of the molecule is CCCCCCCCCCCCC(CCCCCCCC(C)C)OC(=O)CCCCC(=O)O. The van der Waals surface area contributed by atoms with Gasteiger partial charge in [0.25, 0.3) is 0 Å². The van der Waals surface area contributed by atoms with Crippen LogP contribution in [-0.2, 0) is 14.3 Å². The predicted octanol–water partition coefficient (Wildman–Crippen LogP) is 9.24. The van der Waals surface area contributed by atoms with Crippen LogP contribution in [0.25, 0.3) is 0 Å². The van der Waals surface area contributed by atoms with Crippen molar-refractivity contribution in [2.24, 2.45) is 5.92 Å². The van der Waals surface area contributed by atoms with Crippen LogP contribution in [0.3, 0.4) is 0 Å². The van der Waals surface area contributed by atoms with E-state index in [1.165, 1.54) is 89.9 Å². The van der Waals surface area contributed by atoms with Crippen LogP contribution in [0.1, 0.15) is 162 Å². The molecule has 33 heavy (non-hydrogen) atoms. The first-order valence-electron chi connectivity index (χ1n) is 14.4. The van der Waals surface area contributed by atoms with Gasteiger partial charge in [-0.25, -0.2) is 0 Å². The van der Waals surface area contributed by atoms with Gasteiger partial charge in [-0.05, 0) is 44.4 Å². The molecule has 0 aromatic rings. The Hall–Kier alpha value is -1.06. The molecule has 0 aliphatic carbocycles. The van der Waals surface area contributed by atoms with Gasteiger partial charge in [0.2, 0.25) is 0 Å². The van der Waals surface area contributed by atoms with Crippen LogP contribution in [0.4, 0.5) is 0 Å². The maximum atomic E-state index is 12.2. The summed E-state index contributed by atoms with van der Waals surface area (Å²) in [5.74, 6) is -0.143. The number of esters is 1. The van der Waals surface area contributed by atoms with E-state index >= 15 is 0 Å². The number of hydrogen-bond donors (Lipinski definition) is 1. The summed E-state index contributed by atoms with van der Waals surface area (Å²) in [6, 6.07) is 0. The summed E-state index contributed by atoms with van der Waals surface area (Å²) in [5, 5.41) is 8.73. The monoisotopic (exact) mass is 468 g/mol. The first kappa shape index (κ1) is 31.9. The number of carboxylic acid groups (broad SMARTS) is 1. The van der Waals surface area contributed by atoms with Crippen LogP contribution in [0.5, 0.6) is 0 Å². The number of ether oxygens (including phenoxy) is 1. The Bertz CT molecular complexity index is 447. The van der Waals surface area contributed by atoms with Crippen molar-refractivity contribution < 1.29 is 19.4 Å². The lowest BCUT2D eigenvalue weighted by Gasteiger charge is -2.18. The summed E-state index contributed by atoms with van der Waals surface area (Å²) in [7, 11) is 0. The van der Waals surface area contributed by atoms with Crippen molar-refractivity contribution in [3.05, 3.63) is 0 Å². The third kappa shape index (κ3) is 25.4. The van der Waals surface area contributed by atoms with Gasteiger partial charge in [0.15, 0.2) is 0 Å². The molecule has 0 amide bonds. The molecule has 0 rings (SSSR count). The van der Waals surface area contributed by atoms with Crippen LogP contribution in [0.2, 0.25) is 0 Å². The number of rotatable bonds is 25. The summed E-state index contributed by atoms with van der Waals surface area (Å²) < 4.78 is 5.81. The minimum atomic E-state index is -0.796. The zero-order valence-corrected chi connectivity index (χ0v) is 22.4. The fraction of sp³-hybridized carbons (Fsp3) is 0.931. The molecule has 1 atom stereocenters. The van der Waals surface area contributed by atoms with E-state index in [4.69, 9.17) is 9.84 Å². The lowest BCUT2D eigenvalue weighted by Crippen LogP contribution is -2.18. The Kier molecular flexibility index (Phi) is 23.3. The second-order valence-electron chi connectivity index (χ2n) is 10.4. The fourth-order valence-corrected chi connectivity index (χ4v) is 4.37. The molecular formula is C29H56O4. The van der Waals surface area contributed by atoms with Gasteiger partial charge in [0.1, 0.15) is 6.10 Å². The fourth-order valence-electron chi connectivity index (χ4n) is 4.37. The number of carbonyl (C=O) groups is 2. The molecule has 1 N–H and O–H groups in total. The average molecular weight is 469 g/mol. The van der Waals surface area contributed by atoms with Crippen LogP contribution in [0, 0.1) is 5.92 Å². The van der Waals surface area contributed by atoms with E-state index in [0.29, 0.717) is 19.3 Å². The van der Waals surface area contributed by atoms with Crippen LogP contribution in [0.15, 0.2) is 0 Å². The first-order valence-corrected chi connectivity index (χ1v) is 14.4. The normalized spacial score (nSPS) is 12.2. The van der Waals surface area contributed by atoms with Gasteiger partial charge in [-0.15, -0.1) is 0 Å². The Morgan fingerprint density at radius 3 is 1.48 bits per heavy atom. The second kappa shape index (κ2) is 24.1. The van der Waals surface area contributed by atoms with Crippen molar-refractivity contribution in [3.8, 4) is 0 Å². The smallest absolute Gasteiger partial charge is 0.306 e. The molecule has 0 aliphatic heterocycles. The zero-order chi connectivity index (χ0) is 24.6. The first-order chi connectivity index (χ1) is 16.0. The largest absolute Gasteiger partial charge is 0.481 e. The number of hydrogen-bond acceptors (Lipinski definition) is 3. The van der Waals surface area contributed by atoms with Gasteiger partial charge in [-0.3, -0.25) is 9.59 Å². The van der Waals surface area contributed by atoms with Crippen LogP contribution < -0.4 is 0 Å². The van der Waals surface area contributed by atoms with E-state index in [-0.39, 0.29) is 18.5 Å². The van der Waals surface area contributed by atoms with Gasteiger partial charge >= 0.3 is 11.9 Å². The highest BCUT2D eigenvalue weighted by atomic mass is 16.5. The highest BCUT2D eigenvalue weighted by molar-refractivity contribution is 5.70. The molecular weight excluding hydrogens is 412 g/mol. The molecule has 0 saturated heterocycles. The minimum absolute atomic E-state index is 0.0432. The molecule has 0 spiro atoms. The molecule has 4 heteroatoms. The predicted molar refractivity (Wildman–Crippen MR) is 140 cm³/mol.